The largest absolute Gasteiger partial charge is 0.383 e. The Morgan fingerprint density at radius 2 is 1.87 bits per heavy atom. The number of benzene rings is 1. The lowest BCUT2D eigenvalue weighted by atomic mass is 10.2. The number of rotatable bonds is 3. The summed E-state index contributed by atoms with van der Waals surface area (Å²) in [5.41, 5.74) is 0.718. The molecule has 1 N–H and O–H groups in total. The number of amides is 2. The summed E-state index contributed by atoms with van der Waals surface area (Å²) in [6.45, 7) is 2.72. The van der Waals surface area contributed by atoms with Crippen LogP contribution in [0.25, 0.3) is 0 Å². The summed E-state index contributed by atoms with van der Waals surface area (Å²) >= 11 is 1.21. The predicted molar refractivity (Wildman–Crippen MR) is 86.0 cm³/mol. The zero-order valence-corrected chi connectivity index (χ0v) is 14.3. The molecule has 0 aromatic heterocycles. The van der Waals surface area contributed by atoms with Crippen LogP contribution >= 0.6 is 11.8 Å². The van der Waals surface area contributed by atoms with Crippen molar-refractivity contribution < 1.29 is 22.2 Å². The van der Waals surface area contributed by atoms with Crippen molar-refractivity contribution in [2.75, 3.05) is 6.26 Å². The molecule has 0 radical (unpaired) electrons. The summed E-state index contributed by atoms with van der Waals surface area (Å²) < 4.78 is 26.9. The van der Waals surface area contributed by atoms with Crippen LogP contribution in [0.4, 0.5) is 0 Å². The molecule has 23 heavy (non-hydrogen) atoms. The van der Waals surface area contributed by atoms with Crippen molar-refractivity contribution >= 4 is 38.9 Å². The molecule has 1 aromatic carbocycles. The Hall–Kier alpha value is -2.07. The van der Waals surface area contributed by atoms with Crippen LogP contribution in [0.3, 0.4) is 0 Å². The van der Waals surface area contributed by atoms with Crippen LogP contribution in [0.15, 0.2) is 29.4 Å². The minimum absolute atomic E-state index is 0.177. The van der Waals surface area contributed by atoms with Gasteiger partial charge < -0.3 is 9.50 Å². The van der Waals surface area contributed by atoms with Gasteiger partial charge in [-0.15, -0.1) is 5.10 Å². The SMILES string of the molecule is CC(=O)NC1=NN(C(C)=O)C(c2ccc(OS(C)(=O)=O)cc2)S1. The van der Waals surface area contributed by atoms with Crippen molar-refractivity contribution in [1.29, 1.82) is 0 Å². The summed E-state index contributed by atoms with van der Waals surface area (Å²) in [6, 6.07) is 6.26. The fraction of sp³-hybridized carbons (Fsp3) is 0.308. The van der Waals surface area contributed by atoms with Gasteiger partial charge in [-0.25, -0.2) is 5.01 Å². The predicted octanol–water partition coefficient (Wildman–Crippen LogP) is 1.03. The zero-order valence-electron chi connectivity index (χ0n) is 12.6. The maximum atomic E-state index is 11.7. The van der Waals surface area contributed by atoms with Crippen LogP contribution in [0.1, 0.15) is 24.8 Å². The van der Waals surface area contributed by atoms with Gasteiger partial charge in [0.05, 0.1) is 6.26 Å². The second-order valence-corrected chi connectivity index (χ2v) is 7.42. The topological polar surface area (TPSA) is 105 Å². The van der Waals surface area contributed by atoms with Gasteiger partial charge in [0.15, 0.2) is 5.17 Å². The minimum Gasteiger partial charge on any atom is -0.383 e. The highest BCUT2D eigenvalue weighted by Crippen LogP contribution is 2.39. The molecule has 0 spiro atoms. The normalized spacial score (nSPS) is 17.6. The molecule has 0 saturated heterocycles. The monoisotopic (exact) mass is 357 g/mol. The molecule has 1 aliphatic rings. The van der Waals surface area contributed by atoms with E-state index >= 15 is 0 Å². The summed E-state index contributed by atoms with van der Waals surface area (Å²) in [5.74, 6) is -0.381. The van der Waals surface area contributed by atoms with Gasteiger partial charge in [-0.05, 0) is 17.7 Å². The lowest BCUT2D eigenvalue weighted by molar-refractivity contribution is -0.129. The van der Waals surface area contributed by atoms with E-state index in [0.717, 1.165) is 11.8 Å². The Kier molecular flexibility index (Phi) is 4.95. The number of carbonyl (C=O) groups is 2. The van der Waals surface area contributed by atoms with E-state index in [0.29, 0.717) is 5.17 Å². The number of nitrogens with one attached hydrogen (secondary N) is 1. The summed E-state index contributed by atoms with van der Waals surface area (Å²) in [5, 5.41) is 7.75. The van der Waals surface area contributed by atoms with Crippen molar-refractivity contribution in [2.24, 2.45) is 5.10 Å². The number of thioether (sulfide) groups is 1. The Balaban J connectivity index is 2.20. The van der Waals surface area contributed by atoms with Gasteiger partial charge in [0.25, 0.3) is 0 Å². The van der Waals surface area contributed by atoms with Crippen molar-refractivity contribution in [3.05, 3.63) is 29.8 Å². The van der Waals surface area contributed by atoms with E-state index in [4.69, 9.17) is 4.18 Å². The zero-order chi connectivity index (χ0) is 17.2. The maximum Gasteiger partial charge on any atom is 0.306 e. The highest BCUT2D eigenvalue weighted by molar-refractivity contribution is 8.14. The first-order chi connectivity index (χ1) is 10.7. The molecule has 1 aromatic rings. The quantitative estimate of drug-likeness (QED) is 0.810. The molecular weight excluding hydrogens is 342 g/mol. The van der Waals surface area contributed by atoms with Crippen molar-refractivity contribution in [3.63, 3.8) is 0 Å². The van der Waals surface area contributed by atoms with Crippen molar-refractivity contribution in [3.8, 4) is 5.75 Å². The van der Waals surface area contributed by atoms with E-state index in [9.17, 15) is 18.0 Å². The molecule has 0 fully saturated rings. The van der Waals surface area contributed by atoms with Gasteiger partial charge in [0.2, 0.25) is 11.8 Å². The maximum absolute atomic E-state index is 11.7. The van der Waals surface area contributed by atoms with Crippen LogP contribution in [-0.2, 0) is 19.7 Å². The Labute approximate surface area is 138 Å². The number of hydrogen-bond acceptors (Lipinski definition) is 7. The standard InChI is InChI=1S/C13H15N3O5S2/c1-8(17)14-13-15-16(9(2)18)12(22-13)10-4-6-11(7-5-10)21-23(3,19)20/h4-7,12H,1-3H3,(H,14,15,17). The molecule has 0 bridgehead atoms. The van der Waals surface area contributed by atoms with Crippen LogP contribution in [0.2, 0.25) is 0 Å². The number of hydrogen-bond donors (Lipinski definition) is 1. The van der Waals surface area contributed by atoms with Crippen LogP contribution in [0.5, 0.6) is 5.75 Å². The molecule has 8 nitrogen and oxygen atoms in total. The third kappa shape index (κ3) is 4.70. The van der Waals surface area contributed by atoms with E-state index in [2.05, 4.69) is 10.4 Å². The Morgan fingerprint density at radius 1 is 1.26 bits per heavy atom. The minimum atomic E-state index is -3.60. The average molecular weight is 357 g/mol. The molecule has 10 heteroatoms. The first-order valence-corrected chi connectivity index (χ1v) is 9.17. The molecule has 2 amide bonds. The average Bonchev–Trinajstić information content (AvgIpc) is 2.81. The fourth-order valence-corrected chi connectivity index (χ4v) is 3.44. The first-order valence-electron chi connectivity index (χ1n) is 6.48. The Bertz CT molecular complexity index is 758. The van der Waals surface area contributed by atoms with Crippen molar-refractivity contribution in [1.82, 2.24) is 10.3 Å². The number of hydrazone groups is 1. The van der Waals surface area contributed by atoms with E-state index in [-0.39, 0.29) is 17.6 Å². The van der Waals surface area contributed by atoms with Crippen LogP contribution < -0.4 is 9.50 Å². The van der Waals surface area contributed by atoms with Crippen LogP contribution in [0, 0.1) is 0 Å². The van der Waals surface area contributed by atoms with Gasteiger partial charge in [0, 0.05) is 13.8 Å². The molecular formula is C13H15N3O5S2. The lowest BCUT2D eigenvalue weighted by Crippen LogP contribution is -2.25. The summed E-state index contributed by atoms with van der Waals surface area (Å²) in [6.07, 6.45) is 0.957. The highest BCUT2D eigenvalue weighted by Gasteiger charge is 2.32. The first kappa shape index (κ1) is 17.3. The molecule has 1 atom stereocenters. The Morgan fingerprint density at radius 3 is 2.35 bits per heavy atom. The van der Waals surface area contributed by atoms with Gasteiger partial charge in [-0.3, -0.25) is 9.59 Å². The summed E-state index contributed by atoms with van der Waals surface area (Å²) in [4.78, 5) is 22.8. The number of carbonyl (C=O) groups excluding carboxylic acids is 2. The molecule has 0 saturated carbocycles. The fourth-order valence-electron chi connectivity index (χ4n) is 1.84. The van der Waals surface area contributed by atoms with Crippen LogP contribution in [-0.4, -0.2) is 36.7 Å². The lowest BCUT2D eigenvalue weighted by Gasteiger charge is -2.19. The second-order valence-electron chi connectivity index (χ2n) is 4.78. The third-order valence-corrected chi connectivity index (χ3v) is 4.26. The summed E-state index contributed by atoms with van der Waals surface area (Å²) in [7, 11) is -3.60. The number of amidine groups is 1. The van der Waals surface area contributed by atoms with Gasteiger partial charge in [-0.2, -0.15) is 8.42 Å². The highest BCUT2D eigenvalue weighted by atomic mass is 32.2. The molecule has 124 valence electrons. The smallest absolute Gasteiger partial charge is 0.306 e. The van der Waals surface area contributed by atoms with E-state index in [1.165, 1.54) is 42.8 Å². The van der Waals surface area contributed by atoms with E-state index in [1.807, 2.05) is 0 Å². The second kappa shape index (κ2) is 6.59. The molecule has 1 unspecified atom stereocenters. The van der Waals surface area contributed by atoms with Crippen molar-refractivity contribution in [2.45, 2.75) is 19.2 Å². The molecule has 2 rings (SSSR count). The molecule has 1 aliphatic heterocycles. The molecule has 0 aliphatic carbocycles. The third-order valence-electron chi connectivity index (χ3n) is 2.66. The molecule has 1 heterocycles. The van der Waals surface area contributed by atoms with E-state index in [1.54, 1.807) is 12.1 Å². The van der Waals surface area contributed by atoms with Gasteiger partial charge >= 0.3 is 10.1 Å². The number of nitrogens with zero attached hydrogens (tertiary/aromatic N) is 2. The van der Waals surface area contributed by atoms with Gasteiger partial charge in [-0.1, -0.05) is 23.9 Å². The van der Waals surface area contributed by atoms with E-state index < -0.39 is 15.5 Å². The van der Waals surface area contributed by atoms with Gasteiger partial charge in [0.1, 0.15) is 11.1 Å².